The Morgan fingerprint density at radius 3 is 0.301 bits per heavy atom. The maximum Gasteiger partial charge on any atom is 0.122 e. The van der Waals surface area contributed by atoms with Crippen LogP contribution in [0.4, 0.5) is 0 Å². The summed E-state index contributed by atoms with van der Waals surface area (Å²) in [5, 5.41) is 112. The van der Waals surface area contributed by atoms with Crippen molar-refractivity contribution in [2.24, 2.45) is 0 Å². The van der Waals surface area contributed by atoms with Gasteiger partial charge in [0.15, 0.2) is 0 Å². The number of unbranched alkanes of at least 4 members (excludes halogenated alkanes) is 8. The summed E-state index contributed by atoms with van der Waals surface area (Å²) < 4.78 is 0. The van der Waals surface area contributed by atoms with Crippen molar-refractivity contribution in [2.45, 2.75) is 510 Å². The Morgan fingerprint density at radius 1 is 0.147 bits per heavy atom. The van der Waals surface area contributed by atoms with Gasteiger partial charge in [0, 0.05) is 51.4 Å². The monoisotopic (exact) mass is 1840 g/mol. The highest BCUT2D eigenvalue weighted by molar-refractivity contribution is 5.63. The lowest BCUT2D eigenvalue weighted by atomic mass is 9.71. The Morgan fingerprint density at radius 2 is 0.228 bits per heavy atom. The zero-order valence-corrected chi connectivity index (χ0v) is 86.1. The molecule has 8 aromatic rings. The van der Waals surface area contributed by atoms with Crippen molar-refractivity contribution in [3.8, 4) is 46.0 Å². The molecule has 8 saturated carbocycles. The molecule has 8 heteroatoms. The van der Waals surface area contributed by atoms with E-state index in [0.29, 0.717) is 51.4 Å². The van der Waals surface area contributed by atoms with Crippen molar-refractivity contribution < 1.29 is 40.9 Å². The van der Waals surface area contributed by atoms with E-state index in [1.54, 1.807) is 0 Å². The Bertz CT molecular complexity index is 4240. The molecular formula is C128H176O8. The summed E-state index contributed by atoms with van der Waals surface area (Å²) in [7, 11) is 0. The van der Waals surface area contributed by atoms with Gasteiger partial charge in [0.05, 0.1) is 0 Å². The predicted octanol–water partition coefficient (Wildman–Crippen LogP) is 34.4. The molecule has 0 aliphatic heterocycles. The van der Waals surface area contributed by atoms with Gasteiger partial charge in [-0.15, -0.1) is 0 Å². The van der Waals surface area contributed by atoms with Crippen LogP contribution < -0.4 is 0 Å². The van der Waals surface area contributed by atoms with Crippen LogP contribution in [-0.2, 0) is 94.7 Å². The van der Waals surface area contributed by atoms with Crippen LogP contribution in [0.1, 0.15) is 548 Å². The SMILES string of the molecule is CCCCC1(c2cc3c(O)c(c2)Cc2cc(C4(CCCC)CCCC4)cc(c2O)Cc2cc(C4(CCCC)CCCC4)cc(c2O)Cc2cc(C4(CCCC)CCCC4)cc(c2O)Cc2cc(C4(CCCC)CCCC4)cc(c2O)Cc2cc(C4(CCCC)CCCC4)cc(c2O)Cc2cc(C4(CCCC)CCCC4)cc(c2O)Cc2cc(C4(CCCC)CCCC4)cc(c2O)C3)CCCC1. The first-order chi connectivity index (χ1) is 66.0. The van der Waals surface area contributed by atoms with Crippen molar-refractivity contribution >= 4 is 0 Å². The number of fused-ring (bicyclic) bond motifs is 16. The van der Waals surface area contributed by atoms with Crippen LogP contribution in [0.2, 0.25) is 0 Å². The van der Waals surface area contributed by atoms with E-state index in [1.165, 1.54) is 44.5 Å². The van der Waals surface area contributed by atoms with Crippen LogP contribution in [-0.4, -0.2) is 40.9 Å². The summed E-state index contributed by atoms with van der Waals surface area (Å²) in [4.78, 5) is 0. The minimum Gasteiger partial charge on any atom is -0.507 e. The van der Waals surface area contributed by atoms with Crippen molar-refractivity contribution in [1.82, 2.24) is 0 Å². The molecule has 0 spiro atoms. The molecule has 8 aromatic carbocycles. The summed E-state index contributed by atoms with van der Waals surface area (Å²) in [6.45, 7) is 18.5. The second-order valence-electron chi connectivity index (χ2n) is 47.3. The van der Waals surface area contributed by atoms with Gasteiger partial charge in [0.1, 0.15) is 46.0 Å². The molecule has 0 aromatic heterocycles. The molecule has 9 aliphatic rings. The number of rotatable bonds is 32. The van der Waals surface area contributed by atoms with Gasteiger partial charge in [-0.1, -0.05) is 358 Å². The van der Waals surface area contributed by atoms with E-state index in [-0.39, 0.29) is 89.3 Å². The predicted molar refractivity (Wildman–Crippen MR) is 565 cm³/mol. The average Bonchev–Trinajstić information content (AvgIpc) is 1.33. The van der Waals surface area contributed by atoms with Gasteiger partial charge in [-0.05, 0) is 331 Å². The minimum atomic E-state index is -0.110. The number of hydrogen-bond acceptors (Lipinski definition) is 8. The Labute approximate surface area is 821 Å². The molecule has 8 nitrogen and oxygen atoms in total. The second-order valence-corrected chi connectivity index (χ2v) is 47.3. The van der Waals surface area contributed by atoms with Crippen molar-refractivity contribution in [3.05, 3.63) is 231 Å². The second kappa shape index (κ2) is 43.3. The van der Waals surface area contributed by atoms with Crippen molar-refractivity contribution in [1.29, 1.82) is 0 Å². The Balaban J connectivity index is 0.941. The molecule has 0 amide bonds. The molecule has 0 unspecified atom stereocenters. The number of phenolic OH excluding ortho intramolecular Hbond substituents is 8. The van der Waals surface area contributed by atoms with E-state index in [2.05, 4.69) is 152 Å². The highest BCUT2D eigenvalue weighted by atomic mass is 16.3. The van der Waals surface area contributed by atoms with Crippen LogP contribution in [0.5, 0.6) is 46.0 Å². The van der Waals surface area contributed by atoms with Crippen LogP contribution in [0.25, 0.3) is 0 Å². The first-order valence-electron chi connectivity index (χ1n) is 56.8. The molecule has 17 rings (SSSR count). The van der Waals surface area contributed by atoms with Gasteiger partial charge in [-0.25, -0.2) is 0 Å². The molecule has 0 radical (unpaired) electrons. The molecule has 736 valence electrons. The van der Waals surface area contributed by atoms with Crippen LogP contribution >= 0.6 is 0 Å². The molecule has 0 atom stereocenters. The summed E-state index contributed by atoms with van der Waals surface area (Å²) >= 11 is 0. The van der Waals surface area contributed by atoms with E-state index >= 15 is 0 Å². The van der Waals surface area contributed by atoms with E-state index in [0.717, 1.165) is 449 Å². The first-order valence-corrected chi connectivity index (χ1v) is 56.8. The van der Waals surface area contributed by atoms with Crippen LogP contribution in [0.15, 0.2) is 97.1 Å². The van der Waals surface area contributed by atoms with E-state index in [9.17, 15) is 40.9 Å². The molecule has 9 aliphatic carbocycles. The fourth-order valence-electron chi connectivity index (χ4n) is 30.3. The number of hydrogen-bond donors (Lipinski definition) is 8. The normalized spacial score (nSPS) is 20.3. The molecule has 0 saturated heterocycles. The number of phenols is 8. The van der Waals surface area contributed by atoms with E-state index in [4.69, 9.17) is 0 Å². The van der Waals surface area contributed by atoms with Gasteiger partial charge in [-0.2, -0.15) is 0 Å². The molecule has 0 heterocycles. The average molecular weight is 1840 g/mol. The summed E-state index contributed by atoms with van der Waals surface area (Å²) in [6.07, 6.45) is 63.5. The van der Waals surface area contributed by atoms with Gasteiger partial charge in [0.2, 0.25) is 0 Å². The number of benzene rings is 8. The van der Waals surface area contributed by atoms with E-state index < -0.39 is 0 Å². The first kappa shape index (κ1) is 99.7. The van der Waals surface area contributed by atoms with Crippen LogP contribution in [0, 0.1) is 0 Å². The van der Waals surface area contributed by atoms with Gasteiger partial charge in [-0.3, -0.25) is 0 Å². The lowest BCUT2D eigenvalue weighted by Crippen LogP contribution is -2.24. The minimum absolute atomic E-state index is 0.110. The standard InChI is InChI=1S/C128H176O8/c1-9-17-41-121(49-25-26-50-121)105-73-89-65-91-75-106(122(42-18-10-2)51-27-28-52-122)77-93(114(91)130)67-95-79-108(124(44-20-12-4)55-31-32-56-124)81-97(116(95)132)69-99-83-110(126(46-22-14-6)59-35-36-60-126)85-101(118(99)134)71-103-87-112(128(48-24-16-8)63-39-40-64-128)88-104(120(103)136)72-102-86-111(127(47-23-15-7)61-37-38-62-127)84-100(119(102)135)70-98-82-109(125(45-21-13-5)57-33-34-58-125)80-96(117(98)133)68-94-78-107(123(43-19-11-3)53-29-30-54-123)76-92(115(94)131)66-90(74-105)113(89)129/h73-88,129-136H,9-72H2,1-8H3. The van der Waals surface area contributed by atoms with Gasteiger partial charge < -0.3 is 40.9 Å². The summed E-state index contributed by atoms with van der Waals surface area (Å²) in [5.74, 6) is 1.79. The zero-order chi connectivity index (χ0) is 95.0. The fourth-order valence-corrected chi connectivity index (χ4v) is 30.3. The maximum atomic E-state index is 14.0. The maximum absolute atomic E-state index is 14.0. The quantitative estimate of drug-likeness (QED) is 0.0207. The molecular weight excluding hydrogens is 1670 g/mol. The lowest BCUT2D eigenvalue weighted by molar-refractivity contribution is 0.387. The van der Waals surface area contributed by atoms with Gasteiger partial charge >= 0.3 is 0 Å². The lowest BCUT2D eigenvalue weighted by Gasteiger charge is -2.33. The van der Waals surface area contributed by atoms with E-state index in [1.807, 2.05) is 0 Å². The Hall–Kier alpha value is -7.84. The van der Waals surface area contributed by atoms with Crippen LogP contribution in [0.3, 0.4) is 0 Å². The largest absolute Gasteiger partial charge is 0.507 e. The molecule has 8 fully saturated rings. The zero-order valence-electron chi connectivity index (χ0n) is 86.1. The van der Waals surface area contributed by atoms with Gasteiger partial charge in [0.25, 0.3) is 0 Å². The Kier molecular flexibility index (Phi) is 31.8. The summed E-state index contributed by atoms with van der Waals surface area (Å²) in [5.41, 5.74) is 22.0. The molecule has 8 N–H and O–H groups in total. The fraction of sp³-hybridized carbons (Fsp3) is 0.625. The third-order valence-electron chi connectivity index (χ3n) is 38.6. The van der Waals surface area contributed by atoms with Crippen molar-refractivity contribution in [3.63, 3.8) is 0 Å². The molecule has 136 heavy (non-hydrogen) atoms. The third-order valence-corrected chi connectivity index (χ3v) is 38.6. The topological polar surface area (TPSA) is 162 Å². The highest BCUT2D eigenvalue weighted by Crippen LogP contribution is 2.59. The van der Waals surface area contributed by atoms with Crippen molar-refractivity contribution in [2.75, 3.05) is 0 Å². The summed E-state index contributed by atoms with van der Waals surface area (Å²) in [6, 6.07) is 37.6. The smallest absolute Gasteiger partial charge is 0.122 e. The molecule has 16 bridgehead atoms. The highest BCUT2D eigenvalue weighted by Gasteiger charge is 2.46. The third kappa shape index (κ3) is 20.3. The number of aromatic hydroxyl groups is 8.